The Balaban J connectivity index is 1.89. The molecule has 0 aliphatic carbocycles. The normalized spacial score (nSPS) is 10.3. The van der Waals surface area contributed by atoms with E-state index in [0.29, 0.717) is 18.1 Å². The van der Waals surface area contributed by atoms with E-state index in [1.165, 1.54) is 0 Å². The van der Waals surface area contributed by atoms with Gasteiger partial charge >= 0.3 is 5.91 Å². The first-order valence-corrected chi connectivity index (χ1v) is 7.63. The van der Waals surface area contributed by atoms with Gasteiger partial charge in [-0.05, 0) is 17.7 Å². The zero-order valence-corrected chi connectivity index (χ0v) is 13.3. The van der Waals surface area contributed by atoms with E-state index in [1.807, 2.05) is 35.8 Å². The molecule has 1 heterocycles. The van der Waals surface area contributed by atoms with Crippen molar-refractivity contribution < 1.29 is 9.90 Å². The summed E-state index contributed by atoms with van der Waals surface area (Å²) in [7, 11) is 0. The Morgan fingerprint density at radius 1 is 1.04 bits per heavy atom. The maximum absolute atomic E-state index is 11.8. The van der Waals surface area contributed by atoms with Gasteiger partial charge in [-0.25, -0.2) is 15.8 Å². The van der Waals surface area contributed by atoms with Gasteiger partial charge < -0.3 is 10.4 Å². The molecule has 1 amide bonds. The topological polar surface area (TPSA) is 113 Å². The van der Waals surface area contributed by atoms with E-state index >= 15 is 0 Å². The van der Waals surface area contributed by atoms with Crippen LogP contribution in [0.3, 0.4) is 0 Å². The van der Waals surface area contributed by atoms with Gasteiger partial charge in [-0.15, -0.1) is 0 Å². The lowest BCUT2D eigenvalue weighted by Gasteiger charge is -2.10. The van der Waals surface area contributed by atoms with Crippen molar-refractivity contribution in [3.63, 3.8) is 0 Å². The van der Waals surface area contributed by atoms with Crippen LogP contribution in [-0.4, -0.2) is 21.0 Å². The number of nitrogens with zero attached hydrogens (tertiary/aromatic N) is 2. The van der Waals surface area contributed by atoms with Crippen LogP contribution >= 0.6 is 0 Å². The molecule has 0 bridgehead atoms. The van der Waals surface area contributed by atoms with Crippen LogP contribution in [-0.2, 0) is 6.54 Å². The van der Waals surface area contributed by atoms with Gasteiger partial charge in [0.15, 0.2) is 0 Å². The summed E-state index contributed by atoms with van der Waals surface area (Å²) in [5.74, 6) is 5.33. The SMILES string of the molecule is NNC(=O)c1nc(NCc2ccc(O)cc2)cc(-c2ccccc2)n1. The number of nitrogens with two attached hydrogens (primary N) is 1. The van der Waals surface area contributed by atoms with Crippen molar-refractivity contribution in [1.29, 1.82) is 0 Å². The maximum Gasteiger partial charge on any atom is 0.303 e. The average Bonchev–Trinajstić information content (AvgIpc) is 2.67. The van der Waals surface area contributed by atoms with Crippen LogP contribution in [0, 0.1) is 0 Å². The van der Waals surface area contributed by atoms with Crippen molar-refractivity contribution in [1.82, 2.24) is 15.4 Å². The smallest absolute Gasteiger partial charge is 0.303 e. The Kier molecular flexibility index (Phi) is 4.87. The lowest BCUT2D eigenvalue weighted by atomic mass is 10.1. The zero-order chi connectivity index (χ0) is 17.6. The fourth-order valence-electron chi connectivity index (χ4n) is 2.27. The van der Waals surface area contributed by atoms with Gasteiger partial charge in [-0.2, -0.15) is 0 Å². The third-order valence-electron chi connectivity index (χ3n) is 3.54. The van der Waals surface area contributed by atoms with Crippen molar-refractivity contribution in [3.8, 4) is 17.0 Å². The number of aromatic nitrogens is 2. The van der Waals surface area contributed by atoms with Crippen LogP contribution in [0.4, 0.5) is 5.82 Å². The van der Waals surface area contributed by atoms with Gasteiger partial charge in [-0.3, -0.25) is 10.2 Å². The highest BCUT2D eigenvalue weighted by atomic mass is 16.3. The minimum Gasteiger partial charge on any atom is -0.508 e. The molecule has 5 N–H and O–H groups in total. The lowest BCUT2D eigenvalue weighted by Crippen LogP contribution is -2.31. The van der Waals surface area contributed by atoms with Crippen molar-refractivity contribution in [2.45, 2.75) is 6.54 Å². The Hall–Kier alpha value is -3.45. The molecule has 25 heavy (non-hydrogen) atoms. The summed E-state index contributed by atoms with van der Waals surface area (Å²) in [5.41, 5.74) is 4.49. The fourth-order valence-corrected chi connectivity index (χ4v) is 2.27. The second-order valence-electron chi connectivity index (χ2n) is 5.32. The Morgan fingerprint density at radius 2 is 1.76 bits per heavy atom. The predicted octanol–water partition coefficient (Wildman–Crippen LogP) is 2.06. The number of hydrogen-bond acceptors (Lipinski definition) is 6. The highest BCUT2D eigenvalue weighted by molar-refractivity contribution is 5.91. The molecule has 0 aliphatic heterocycles. The standard InChI is InChI=1S/C18H17N5O2/c19-23-18(25)17-21-15(13-4-2-1-3-5-13)10-16(22-17)20-11-12-6-8-14(24)9-7-12/h1-10,24H,11,19H2,(H,23,25)(H,20,21,22). The molecule has 126 valence electrons. The molecule has 0 fully saturated rings. The van der Waals surface area contributed by atoms with Gasteiger partial charge in [0.2, 0.25) is 5.82 Å². The first-order valence-electron chi connectivity index (χ1n) is 7.63. The van der Waals surface area contributed by atoms with E-state index in [-0.39, 0.29) is 11.6 Å². The number of anilines is 1. The first-order chi connectivity index (χ1) is 12.2. The number of hydrazine groups is 1. The van der Waals surface area contributed by atoms with Gasteiger partial charge in [0.25, 0.3) is 0 Å². The molecule has 3 rings (SSSR count). The van der Waals surface area contributed by atoms with E-state index in [2.05, 4.69) is 15.3 Å². The molecule has 0 spiro atoms. The van der Waals surface area contributed by atoms with Crippen molar-refractivity contribution in [2.24, 2.45) is 5.84 Å². The Morgan fingerprint density at radius 3 is 2.44 bits per heavy atom. The number of carbonyl (C=O) groups excluding carboxylic acids is 1. The molecule has 7 heteroatoms. The highest BCUT2D eigenvalue weighted by Gasteiger charge is 2.12. The Labute approximate surface area is 144 Å². The van der Waals surface area contributed by atoms with E-state index in [4.69, 9.17) is 5.84 Å². The van der Waals surface area contributed by atoms with Crippen LogP contribution in [0.1, 0.15) is 16.2 Å². The molecule has 0 saturated carbocycles. The van der Waals surface area contributed by atoms with E-state index in [0.717, 1.165) is 11.1 Å². The molecular formula is C18H17N5O2. The van der Waals surface area contributed by atoms with Gasteiger partial charge in [0.1, 0.15) is 11.6 Å². The number of carbonyl (C=O) groups is 1. The molecule has 0 unspecified atom stereocenters. The van der Waals surface area contributed by atoms with Gasteiger partial charge in [0.05, 0.1) is 5.69 Å². The monoisotopic (exact) mass is 335 g/mol. The van der Waals surface area contributed by atoms with Crippen molar-refractivity contribution >= 4 is 11.7 Å². The quantitative estimate of drug-likeness (QED) is 0.322. The fraction of sp³-hybridized carbons (Fsp3) is 0.0556. The summed E-state index contributed by atoms with van der Waals surface area (Å²) in [6.45, 7) is 0.481. The molecule has 1 aromatic heterocycles. The summed E-state index contributed by atoms with van der Waals surface area (Å²) in [5, 5.41) is 12.5. The molecule has 0 radical (unpaired) electrons. The largest absolute Gasteiger partial charge is 0.508 e. The molecule has 2 aromatic carbocycles. The summed E-state index contributed by atoms with van der Waals surface area (Å²) in [6.07, 6.45) is 0. The van der Waals surface area contributed by atoms with Crippen molar-refractivity contribution in [3.05, 3.63) is 72.1 Å². The number of hydrogen-bond donors (Lipinski definition) is 4. The summed E-state index contributed by atoms with van der Waals surface area (Å²) < 4.78 is 0. The van der Waals surface area contributed by atoms with Crippen LogP contribution in [0.25, 0.3) is 11.3 Å². The lowest BCUT2D eigenvalue weighted by molar-refractivity contribution is 0.0943. The predicted molar refractivity (Wildman–Crippen MR) is 94.6 cm³/mol. The van der Waals surface area contributed by atoms with E-state index in [1.54, 1.807) is 30.3 Å². The summed E-state index contributed by atoms with van der Waals surface area (Å²) >= 11 is 0. The summed E-state index contributed by atoms with van der Waals surface area (Å²) in [4.78, 5) is 20.3. The number of phenols is 1. The molecule has 0 atom stereocenters. The third kappa shape index (κ3) is 4.10. The minimum atomic E-state index is -0.564. The number of phenolic OH excluding ortho intramolecular Hbond substituents is 1. The second kappa shape index (κ2) is 7.41. The number of aromatic hydroxyl groups is 1. The van der Waals surface area contributed by atoms with Crippen LogP contribution in [0.2, 0.25) is 0 Å². The number of benzene rings is 2. The molecule has 3 aromatic rings. The molecule has 7 nitrogen and oxygen atoms in total. The number of rotatable bonds is 5. The maximum atomic E-state index is 11.8. The number of nitrogen functional groups attached to an aromatic ring is 1. The third-order valence-corrected chi connectivity index (χ3v) is 3.54. The van der Waals surface area contributed by atoms with Gasteiger partial charge in [-0.1, -0.05) is 42.5 Å². The average molecular weight is 335 g/mol. The zero-order valence-electron chi connectivity index (χ0n) is 13.3. The second-order valence-corrected chi connectivity index (χ2v) is 5.32. The minimum absolute atomic E-state index is 0.0166. The summed E-state index contributed by atoms with van der Waals surface area (Å²) in [6, 6.07) is 18.1. The molecule has 0 saturated heterocycles. The van der Waals surface area contributed by atoms with Crippen molar-refractivity contribution in [2.75, 3.05) is 5.32 Å². The van der Waals surface area contributed by atoms with Crippen LogP contribution in [0.15, 0.2) is 60.7 Å². The number of nitrogens with one attached hydrogen (secondary N) is 2. The van der Waals surface area contributed by atoms with E-state index in [9.17, 15) is 9.90 Å². The number of amides is 1. The van der Waals surface area contributed by atoms with Gasteiger partial charge in [0, 0.05) is 18.2 Å². The highest BCUT2D eigenvalue weighted by Crippen LogP contribution is 2.20. The molecular weight excluding hydrogens is 318 g/mol. The van der Waals surface area contributed by atoms with Crippen LogP contribution in [0.5, 0.6) is 5.75 Å². The Bertz CT molecular complexity index is 866. The van der Waals surface area contributed by atoms with E-state index < -0.39 is 5.91 Å². The molecule has 0 aliphatic rings. The first kappa shape index (κ1) is 16.4. The van der Waals surface area contributed by atoms with Crippen LogP contribution < -0.4 is 16.6 Å².